The molecule has 7 nitrogen and oxygen atoms in total. The van der Waals surface area contributed by atoms with E-state index in [4.69, 9.17) is 4.74 Å². The van der Waals surface area contributed by atoms with E-state index in [-0.39, 0.29) is 22.4 Å². The molecule has 0 bridgehead atoms. The molecule has 1 aliphatic heterocycles. The molecule has 1 heterocycles. The maximum absolute atomic E-state index is 12.8. The number of carbonyl (C=O) groups is 2. The molecule has 172 valence electrons. The topological polar surface area (TPSA) is 92.8 Å². The molecule has 3 rings (SSSR count). The summed E-state index contributed by atoms with van der Waals surface area (Å²) in [7, 11) is -3.57. The number of rotatable bonds is 6. The lowest BCUT2D eigenvalue weighted by Gasteiger charge is -2.30. The van der Waals surface area contributed by atoms with Crippen LogP contribution in [-0.2, 0) is 19.6 Å². The summed E-state index contributed by atoms with van der Waals surface area (Å²) >= 11 is 0. The highest BCUT2D eigenvalue weighted by Gasteiger charge is 2.29. The molecule has 0 spiro atoms. The second-order valence-electron chi connectivity index (χ2n) is 9.04. The van der Waals surface area contributed by atoms with E-state index in [9.17, 15) is 18.0 Å². The van der Waals surface area contributed by atoms with Crippen LogP contribution in [-0.4, -0.2) is 49.8 Å². The maximum Gasteiger partial charge on any atom is 0.338 e. The number of amides is 1. The third kappa shape index (κ3) is 5.86. The Morgan fingerprint density at radius 2 is 1.65 bits per heavy atom. The van der Waals surface area contributed by atoms with Gasteiger partial charge in [-0.2, -0.15) is 4.31 Å². The first-order valence-electron chi connectivity index (χ1n) is 11.3. The minimum atomic E-state index is -3.57. The maximum atomic E-state index is 12.8. The smallest absolute Gasteiger partial charge is 0.338 e. The number of hydrogen-bond donors (Lipinski definition) is 1. The van der Waals surface area contributed by atoms with Gasteiger partial charge in [-0.05, 0) is 68.7 Å². The van der Waals surface area contributed by atoms with Crippen molar-refractivity contribution < 1.29 is 22.7 Å². The van der Waals surface area contributed by atoms with E-state index >= 15 is 0 Å². The summed E-state index contributed by atoms with van der Waals surface area (Å²) < 4.78 is 32.4. The Hall–Kier alpha value is -1.93. The van der Waals surface area contributed by atoms with E-state index in [0.29, 0.717) is 24.9 Å². The lowest BCUT2D eigenvalue weighted by molar-refractivity contribution is -0.130. The quantitative estimate of drug-likeness (QED) is 0.671. The van der Waals surface area contributed by atoms with Crippen LogP contribution < -0.4 is 5.32 Å². The first-order chi connectivity index (χ1) is 14.7. The van der Waals surface area contributed by atoms with E-state index in [1.54, 1.807) is 6.92 Å². The van der Waals surface area contributed by atoms with Gasteiger partial charge in [0.15, 0.2) is 6.10 Å². The predicted molar refractivity (Wildman–Crippen MR) is 118 cm³/mol. The third-order valence-electron chi connectivity index (χ3n) is 6.56. The number of hydrogen-bond acceptors (Lipinski definition) is 5. The molecule has 1 saturated heterocycles. The number of benzene rings is 1. The Bertz CT molecular complexity index is 876. The number of nitrogens with zero attached hydrogens (tertiary/aromatic N) is 1. The number of ether oxygens (including phenoxy) is 1. The van der Waals surface area contributed by atoms with Gasteiger partial charge >= 0.3 is 5.97 Å². The molecule has 1 aromatic rings. The standard InChI is InChI=1S/C23H34N2O5S/c1-16-12-14-25(15-13-16)31(28,29)20-10-8-19(9-11-20)23(27)30-18(3)22(26)24-21-7-5-4-6-17(21)2/h8-11,16-18,21H,4-7,12-15H2,1-3H3,(H,24,26)/t17-,18-,21+/m1/s1. The molecule has 2 aliphatic rings. The average molecular weight is 451 g/mol. The zero-order valence-corrected chi connectivity index (χ0v) is 19.5. The molecule has 1 aliphatic carbocycles. The Kier molecular flexibility index (Phi) is 7.75. The predicted octanol–water partition coefficient (Wildman–Crippen LogP) is 3.35. The second kappa shape index (κ2) is 10.1. The molecule has 2 fully saturated rings. The highest BCUT2D eigenvalue weighted by Crippen LogP contribution is 2.25. The zero-order valence-electron chi connectivity index (χ0n) is 18.7. The van der Waals surface area contributed by atoms with Crippen molar-refractivity contribution in [2.75, 3.05) is 13.1 Å². The van der Waals surface area contributed by atoms with Crippen molar-refractivity contribution in [2.45, 2.75) is 76.3 Å². The van der Waals surface area contributed by atoms with Crippen LogP contribution in [0.1, 0.15) is 69.7 Å². The van der Waals surface area contributed by atoms with E-state index in [1.165, 1.54) is 35.0 Å². The van der Waals surface area contributed by atoms with Crippen LogP contribution in [0.2, 0.25) is 0 Å². The lowest BCUT2D eigenvalue weighted by atomic mass is 9.86. The summed E-state index contributed by atoms with van der Waals surface area (Å²) in [5.41, 5.74) is 0.219. The number of piperidine rings is 1. The summed E-state index contributed by atoms with van der Waals surface area (Å²) in [5.74, 6) is 0.00281. The molecule has 0 unspecified atom stereocenters. The first kappa shape index (κ1) is 23.7. The van der Waals surface area contributed by atoms with Gasteiger partial charge in [-0.3, -0.25) is 4.79 Å². The van der Waals surface area contributed by atoms with Crippen LogP contribution >= 0.6 is 0 Å². The van der Waals surface area contributed by atoms with Gasteiger partial charge in [0.25, 0.3) is 5.91 Å². The summed E-state index contributed by atoms with van der Waals surface area (Å²) in [4.78, 5) is 25.0. The van der Waals surface area contributed by atoms with Crippen LogP contribution in [0.4, 0.5) is 0 Å². The van der Waals surface area contributed by atoms with Gasteiger partial charge < -0.3 is 10.1 Å². The third-order valence-corrected chi connectivity index (χ3v) is 8.48. The molecule has 3 atom stereocenters. The summed E-state index contributed by atoms with van der Waals surface area (Å²) in [6, 6.07) is 5.85. The minimum absolute atomic E-state index is 0.115. The Labute approximate surface area is 185 Å². The van der Waals surface area contributed by atoms with Crippen molar-refractivity contribution in [1.29, 1.82) is 0 Å². The molecule has 1 aromatic carbocycles. The molecular weight excluding hydrogens is 416 g/mol. The van der Waals surface area contributed by atoms with E-state index in [0.717, 1.165) is 32.1 Å². The van der Waals surface area contributed by atoms with Gasteiger partial charge in [0.2, 0.25) is 10.0 Å². The molecule has 0 aromatic heterocycles. The molecule has 1 saturated carbocycles. The molecule has 1 amide bonds. The summed E-state index contributed by atoms with van der Waals surface area (Å²) in [6.45, 7) is 6.83. The molecular formula is C23H34N2O5S. The Morgan fingerprint density at radius 3 is 2.26 bits per heavy atom. The fraction of sp³-hybridized carbons (Fsp3) is 0.652. The van der Waals surface area contributed by atoms with Gasteiger partial charge in [-0.1, -0.05) is 26.7 Å². The normalized spacial score (nSPS) is 24.4. The van der Waals surface area contributed by atoms with Gasteiger partial charge in [-0.15, -0.1) is 0 Å². The van der Waals surface area contributed by atoms with Crippen LogP contribution in [0, 0.1) is 11.8 Å². The highest BCUT2D eigenvalue weighted by molar-refractivity contribution is 7.89. The van der Waals surface area contributed by atoms with E-state index in [2.05, 4.69) is 19.2 Å². The van der Waals surface area contributed by atoms with Crippen LogP contribution in [0.3, 0.4) is 0 Å². The summed E-state index contributed by atoms with van der Waals surface area (Å²) in [6.07, 6.45) is 5.09. The molecule has 0 radical (unpaired) electrons. The van der Waals surface area contributed by atoms with Crippen molar-refractivity contribution in [2.24, 2.45) is 11.8 Å². The lowest BCUT2D eigenvalue weighted by Crippen LogP contribution is -2.46. The van der Waals surface area contributed by atoms with Crippen LogP contribution in [0.5, 0.6) is 0 Å². The van der Waals surface area contributed by atoms with Gasteiger partial charge in [-0.25, -0.2) is 13.2 Å². The van der Waals surface area contributed by atoms with Crippen molar-refractivity contribution in [1.82, 2.24) is 9.62 Å². The number of carbonyl (C=O) groups excluding carboxylic acids is 2. The van der Waals surface area contributed by atoms with Crippen LogP contribution in [0.25, 0.3) is 0 Å². The van der Waals surface area contributed by atoms with Crippen molar-refractivity contribution in [3.63, 3.8) is 0 Å². The van der Waals surface area contributed by atoms with Crippen LogP contribution in [0.15, 0.2) is 29.2 Å². The number of sulfonamides is 1. The van der Waals surface area contributed by atoms with Crippen molar-refractivity contribution >= 4 is 21.9 Å². The van der Waals surface area contributed by atoms with E-state index < -0.39 is 22.1 Å². The largest absolute Gasteiger partial charge is 0.449 e. The van der Waals surface area contributed by atoms with Gasteiger partial charge in [0.05, 0.1) is 10.5 Å². The Morgan fingerprint density at radius 1 is 1.03 bits per heavy atom. The van der Waals surface area contributed by atoms with Gasteiger partial charge in [0.1, 0.15) is 0 Å². The number of nitrogens with one attached hydrogen (secondary N) is 1. The fourth-order valence-corrected chi connectivity index (χ4v) is 5.72. The fourth-order valence-electron chi connectivity index (χ4n) is 4.25. The first-order valence-corrected chi connectivity index (χ1v) is 12.7. The average Bonchev–Trinajstić information content (AvgIpc) is 2.75. The number of esters is 1. The SMILES string of the molecule is CC1CCN(S(=O)(=O)c2ccc(C(=O)O[C@H](C)C(=O)N[C@H]3CCCC[C@H]3C)cc2)CC1. The molecule has 1 N–H and O–H groups in total. The minimum Gasteiger partial charge on any atom is -0.449 e. The van der Waals surface area contributed by atoms with Crippen molar-refractivity contribution in [3.8, 4) is 0 Å². The molecule has 31 heavy (non-hydrogen) atoms. The zero-order chi connectivity index (χ0) is 22.6. The van der Waals surface area contributed by atoms with E-state index in [1.807, 2.05) is 0 Å². The summed E-state index contributed by atoms with van der Waals surface area (Å²) in [5, 5.41) is 2.99. The Balaban J connectivity index is 1.57. The molecule has 8 heteroatoms. The highest BCUT2D eigenvalue weighted by atomic mass is 32.2. The second-order valence-corrected chi connectivity index (χ2v) is 11.0. The van der Waals surface area contributed by atoms with Gasteiger partial charge in [0, 0.05) is 19.1 Å². The van der Waals surface area contributed by atoms with Crippen molar-refractivity contribution in [3.05, 3.63) is 29.8 Å². The monoisotopic (exact) mass is 450 g/mol.